The molecule has 0 saturated carbocycles. The van der Waals surface area contributed by atoms with Crippen LogP contribution in [0.25, 0.3) is 0 Å². The Morgan fingerprint density at radius 1 is 1.00 bits per heavy atom. The van der Waals surface area contributed by atoms with E-state index in [9.17, 15) is 0 Å². The zero-order valence-electron chi connectivity index (χ0n) is 10.3. The van der Waals surface area contributed by atoms with Crippen LogP contribution in [0.1, 0.15) is 54.4 Å². The Morgan fingerprint density at radius 2 is 1.36 bits per heavy atom. The van der Waals surface area contributed by atoms with E-state index in [2.05, 4.69) is 46.5 Å². The van der Waals surface area contributed by atoms with Gasteiger partial charge in [0.1, 0.15) is 0 Å². The number of hydrogen-bond donors (Lipinski definition) is 0. The highest BCUT2D eigenvalue weighted by atomic mass is 14.7. The van der Waals surface area contributed by atoms with E-state index < -0.39 is 0 Å². The average Bonchev–Trinajstić information content (AvgIpc) is 1.78. The largest absolute Gasteiger partial charge is 0.205 e. The third-order valence-electron chi connectivity index (χ3n) is 1.68. The van der Waals surface area contributed by atoms with Gasteiger partial charge in [0.15, 0.2) is 0 Å². The quantitative estimate of drug-likeness (QED) is 0.486. The molecule has 0 aliphatic carbocycles. The monoisotopic (exact) mass is 194 g/mol. The first-order chi connectivity index (χ1) is 6.14. The van der Waals surface area contributed by atoms with Gasteiger partial charge in [0.25, 0.3) is 0 Å². The minimum atomic E-state index is 0.209. The fourth-order valence-electron chi connectivity index (χ4n) is 1.44. The van der Waals surface area contributed by atoms with Gasteiger partial charge in [-0.05, 0) is 23.7 Å². The summed E-state index contributed by atoms with van der Waals surface area (Å²) < 4.78 is 0. The number of nitrogens with zero attached hydrogens (tertiary/aromatic N) is 2. The molecule has 0 spiro atoms. The van der Waals surface area contributed by atoms with Gasteiger partial charge in [0.05, 0.1) is 0 Å². The van der Waals surface area contributed by atoms with Crippen LogP contribution in [0.15, 0.2) is 4.99 Å². The van der Waals surface area contributed by atoms with E-state index in [-0.39, 0.29) is 10.8 Å². The zero-order valence-corrected chi connectivity index (χ0v) is 10.3. The predicted octanol–water partition coefficient (Wildman–Crippen LogP) is 3.78. The maximum atomic E-state index is 8.59. The van der Waals surface area contributed by atoms with Crippen LogP contribution in [0.3, 0.4) is 0 Å². The molecule has 2 heteroatoms. The van der Waals surface area contributed by atoms with Crippen LogP contribution < -0.4 is 0 Å². The highest BCUT2D eigenvalue weighted by molar-refractivity contribution is 5.86. The first-order valence-corrected chi connectivity index (χ1v) is 5.09. The van der Waals surface area contributed by atoms with Gasteiger partial charge in [0, 0.05) is 5.71 Å². The molecule has 0 heterocycles. The topological polar surface area (TPSA) is 36.1 Å². The second-order valence-corrected chi connectivity index (χ2v) is 6.25. The fraction of sp³-hybridized carbons (Fsp3) is 0.833. The van der Waals surface area contributed by atoms with Crippen molar-refractivity contribution in [2.24, 2.45) is 15.8 Å². The van der Waals surface area contributed by atoms with E-state index in [0.29, 0.717) is 0 Å². The molecule has 0 aromatic heterocycles. The SMILES string of the molecule is CC(C)(C)CC(CC(C)(C)C)=NC#N. The van der Waals surface area contributed by atoms with Crippen molar-refractivity contribution in [3.05, 3.63) is 0 Å². The molecule has 0 aromatic carbocycles. The van der Waals surface area contributed by atoms with Gasteiger partial charge in [-0.2, -0.15) is 10.3 Å². The highest BCUT2D eigenvalue weighted by Gasteiger charge is 2.19. The highest BCUT2D eigenvalue weighted by Crippen LogP contribution is 2.26. The summed E-state index contributed by atoms with van der Waals surface area (Å²) in [6.45, 7) is 13.0. The Kier molecular flexibility index (Phi) is 4.32. The van der Waals surface area contributed by atoms with E-state index >= 15 is 0 Å². The minimum Gasteiger partial charge on any atom is -0.183 e. The summed E-state index contributed by atoms with van der Waals surface area (Å²) in [6, 6.07) is 0. The van der Waals surface area contributed by atoms with Crippen LogP contribution in [0.2, 0.25) is 0 Å². The van der Waals surface area contributed by atoms with Crippen molar-refractivity contribution in [1.82, 2.24) is 0 Å². The molecule has 0 unspecified atom stereocenters. The summed E-state index contributed by atoms with van der Waals surface area (Å²) in [7, 11) is 0. The van der Waals surface area contributed by atoms with Crippen LogP contribution >= 0.6 is 0 Å². The zero-order chi connectivity index (χ0) is 11.4. The van der Waals surface area contributed by atoms with Crippen molar-refractivity contribution in [2.45, 2.75) is 54.4 Å². The molecule has 0 fully saturated rings. The molecule has 14 heavy (non-hydrogen) atoms. The Balaban J connectivity index is 4.51. The molecular formula is C12H22N2. The second-order valence-electron chi connectivity index (χ2n) is 6.25. The summed E-state index contributed by atoms with van der Waals surface area (Å²) in [5.41, 5.74) is 1.44. The Labute approximate surface area is 88.0 Å². The van der Waals surface area contributed by atoms with Crippen LogP contribution in [0, 0.1) is 22.3 Å². The summed E-state index contributed by atoms with van der Waals surface area (Å²) in [6.07, 6.45) is 3.70. The third-order valence-corrected chi connectivity index (χ3v) is 1.68. The van der Waals surface area contributed by atoms with E-state index in [1.54, 1.807) is 0 Å². The molecule has 0 radical (unpaired) electrons. The first-order valence-electron chi connectivity index (χ1n) is 5.09. The van der Waals surface area contributed by atoms with Gasteiger partial charge >= 0.3 is 0 Å². The Bertz CT molecular complexity index is 225. The van der Waals surface area contributed by atoms with Crippen molar-refractivity contribution < 1.29 is 0 Å². The lowest BCUT2D eigenvalue weighted by Gasteiger charge is -2.24. The third kappa shape index (κ3) is 7.79. The smallest absolute Gasteiger partial charge is 0.183 e. The standard InChI is InChI=1S/C12H22N2/c1-11(2,3)7-10(14-9-13)8-12(4,5)6/h7-8H2,1-6H3. The number of nitriles is 1. The summed E-state index contributed by atoms with van der Waals surface area (Å²) in [5.74, 6) is 0. The van der Waals surface area contributed by atoms with Crippen molar-refractivity contribution in [2.75, 3.05) is 0 Å². The summed E-state index contributed by atoms with van der Waals surface area (Å²) >= 11 is 0. The molecule has 0 bridgehead atoms. The fourth-order valence-corrected chi connectivity index (χ4v) is 1.44. The Morgan fingerprint density at radius 3 is 1.57 bits per heavy atom. The van der Waals surface area contributed by atoms with Crippen molar-refractivity contribution >= 4 is 5.71 Å². The molecule has 80 valence electrons. The molecule has 0 aliphatic heterocycles. The molecule has 0 saturated heterocycles. The van der Waals surface area contributed by atoms with E-state index in [1.165, 1.54) is 0 Å². The molecular weight excluding hydrogens is 172 g/mol. The number of aliphatic imine (C=N–C) groups is 1. The molecule has 0 atom stereocenters. The van der Waals surface area contributed by atoms with Crippen LogP contribution in [0.4, 0.5) is 0 Å². The van der Waals surface area contributed by atoms with Crippen molar-refractivity contribution in [3.8, 4) is 6.19 Å². The van der Waals surface area contributed by atoms with Gasteiger partial charge in [-0.1, -0.05) is 41.5 Å². The molecule has 0 aliphatic rings. The molecule has 2 nitrogen and oxygen atoms in total. The first kappa shape index (κ1) is 13.2. The van der Waals surface area contributed by atoms with Gasteiger partial charge in [-0.25, -0.2) is 0 Å². The maximum absolute atomic E-state index is 8.59. The van der Waals surface area contributed by atoms with Crippen molar-refractivity contribution in [3.63, 3.8) is 0 Å². The van der Waals surface area contributed by atoms with Crippen molar-refractivity contribution in [1.29, 1.82) is 5.26 Å². The van der Waals surface area contributed by atoms with Crippen LogP contribution in [-0.4, -0.2) is 5.71 Å². The second kappa shape index (κ2) is 4.59. The molecule has 0 rings (SSSR count). The molecule has 0 amide bonds. The summed E-state index contributed by atoms with van der Waals surface area (Å²) in [4.78, 5) is 3.92. The molecule has 0 aromatic rings. The normalized spacial score (nSPS) is 12.1. The van der Waals surface area contributed by atoms with Gasteiger partial charge in [0.2, 0.25) is 6.19 Å². The number of hydrogen-bond acceptors (Lipinski definition) is 2. The van der Waals surface area contributed by atoms with Gasteiger partial charge in [-0.15, -0.1) is 0 Å². The predicted molar refractivity (Wildman–Crippen MR) is 61.2 cm³/mol. The lowest BCUT2D eigenvalue weighted by atomic mass is 9.82. The average molecular weight is 194 g/mol. The van der Waals surface area contributed by atoms with Crippen LogP contribution in [0.5, 0.6) is 0 Å². The minimum absolute atomic E-state index is 0.209. The van der Waals surface area contributed by atoms with E-state index in [0.717, 1.165) is 18.6 Å². The maximum Gasteiger partial charge on any atom is 0.205 e. The van der Waals surface area contributed by atoms with Gasteiger partial charge in [-0.3, -0.25) is 0 Å². The lowest BCUT2D eigenvalue weighted by molar-refractivity contribution is 0.400. The number of rotatable bonds is 2. The van der Waals surface area contributed by atoms with Crippen LogP contribution in [-0.2, 0) is 0 Å². The van der Waals surface area contributed by atoms with E-state index in [4.69, 9.17) is 5.26 Å². The summed E-state index contributed by atoms with van der Waals surface area (Å²) in [5, 5.41) is 8.59. The molecule has 0 N–H and O–H groups in total. The lowest BCUT2D eigenvalue weighted by Crippen LogP contribution is -2.18. The Hall–Kier alpha value is -0.840. The van der Waals surface area contributed by atoms with Gasteiger partial charge < -0.3 is 0 Å². The van der Waals surface area contributed by atoms with E-state index in [1.807, 2.05) is 6.19 Å².